The lowest BCUT2D eigenvalue weighted by molar-refractivity contribution is -0.135. The molecule has 1 saturated carbocycles. The summed E-state index contributed by atoms with van der Waals surface area (Å²) in [4.78, 5) is 26.4. The molecular formula is C16H26IN5OS. The fourth-order valence-corrected chi connectivity index (χ4v) is 3.74. The van der Waals surface area contributed by atoms with Gasteiger partial charge in [0.2, 0.25) is 5.91 Å². The van der Waals surface area contributed by atoms with Crippen LogP contribution in [0.15, 0.2) is 11.2 Å². The number of nitrogens with one attached hydrogen (secondary N) is 1. The molecule has 1 aliphatic carbocycles. The van der Waals surface area contributed by atoms with Crippen LogP contribution in [0.4, 0.5) is 0 Å². The van der Waals surface area contributed by atoms with Gasteiger partial charge in [-0.1, -0.05) is 6.92 Å². The first-order valence-corrected chi connectivity index (χ1v) is 9.21. The molecule has 2 heterocycles. The molecule has 1 aliphatic heterocycles. The highest BCUT2D eigenvalue weighted by molar-refractivity contribution is 14.0. The summed E-state index contributed by atoms with van der Waals surface area (Å²) in [5.41, 5.74) is 0. The minimum absolute atomic E-state index is 0. The number of rotatable bonds is 5. The maximum Gasteiger partial charge on any atom is 0.242 e. The van der Waals surface area contributed by atoms with Gasteiger partial charge >= 0.3 is 0 Å². The van der Waals surface area contributed by atoms with Gasteiger partial charge in [-0.3, -0.25) is 9.79 Å². The Kier molecular flexibility index (Phi) is 7.27. The standard InChI is InChI=1S/C16H25N5OS.HI/c1-3-13-10-19-14(23-13)6-7-18-16(17-2)20-8-9-21(12-4-5-12)15(22)11-20;/h10,12H,3-9,11H2,1-2H3,(H,17,18);1H. The molecular weight excluding hydrogens is 437 g/mol. The van der Waals surface area contributed by atoms with Crippen LogP contribution < -0.4 is 5.32 Å². The third-order valence-corrected chi connectivity index (χ3v) is 5.53. The third kappa shape index (κ3) is 4.81. The first-order chi connectivity index (χ1) is 11.2. The Morgan fingerprint density at radius 3 is 2.83 bits per heavy atom. The van der Waals surface area contributed by atoms with Crippen molar-refractivity contribution >= 4 is 47.2 Å². The number of aromatic nitrogens is 1. The maximum absolute atomic E-state index is 12.2. The number of amides is 1. The van der Waals surface area contributed by atoms with Gasteiger partial charge in [0.15, 0.2) is 5.96 Å². The fourth-order valence-electron chi connectivity index (χ4n) is 2.88. The van der Waals surface area contributed by atoms with Crippen molar-refractivity contribution in [3.05, 3.63) is 16.1 Å². The third-order valence-electron chi connectivity index (χ3n) is 4.33. The average molecular weight is 463 g/mol. The zero-order valence-corrected chi connectivity index (χ0v) is 17.5. The van der Waals surface area contributed by atoms with E-state index in [0.29, 0.717) is 12.6 Å². The number of hydrogen-bond donors (Lipinski definition) is 1. The molecule has 1 amide bonds. The Hall–Kier alpha value is -0.900. The lowest BCUT2D eigenvalue weighted by atomic mass is 10.3. The first kappa shape index (κ1) is 19.4. The molecule has 134 valence electrons. The Bertz CT molecular complexity index is 587. The summed E-state index contributed by atoms with van der Waals surface area (Å²) in [5, 5.41) is 4.52. The van der Waals surface area contributed by atoms with Gasteiger partial charge in [0.1, 0.15) is 0 Å². The Morgan fingerprint density at radius 1 is 1.46 bits per heavy atom. The van der Waals surface area contributed by atoms with E-state index in [9.17, 15) is 4.79 Å². The van der Waals surface area contributed by atoms with Crippen LogP contribution in [0.3, 0.4) is 0 Å². The zero-order valence-electron chi connectivity index (χ0n) is 14.3. The van der Waals surface area contributed by atoms with Gasteiger partial charge in [0.25, 0.3) is 0 Å². The molecule has 2 aliphatic rings. The number of nitrogens with zero attached hydrogens (tertiary/aromatic N) is 4. The summed E-state index contributed by atoms with van der Waals surface area (Å²) < 4.78 is 0. The van der Waals surface area contributed by atoms with Crippen LogP contribution in [-0.4, -0.2) is 65.9 Å². The molecule has 6 nitrogen and oxygen atoms in total. The summed E-state index contributed by atoms with van der Waals surface area (Å²) in [6.45, 7) is 5.05. The van der Waals surface area contributed by atoms with E-state index in [2.05, 4.69) is 27.1 Å². The molecule has 0 spiro atoms. The highest BCUT2D eigenvalue weighted by Crippen LogP contribution is 2.28. The monoisotopic (exact) mass is 463 g/mol. The zero-order chi connectivity index (χ0) is 16.2. The van der Waals surface area contributed by atoms with Crippen molar-refractivity contribution < 1.29 is 4.79 Å². The van der Waals surface area contributed by atoms with Gasteiger partial charge in [-0.2, -0.15) is 0 Å². The largest absolute Gasteiger partial charge is 0.356 e. The van der Waals surface area contributed by atoms with E-state index in [1.807, 2.05) is 11.1 Å². The Labute approximate surface area is 164 Å². The molecule has 3 rings (SSSR count). The minimum atomic E-state index is 0. The number of aryl methyl sites for hydroxylation is 1. The van der Waals surface area contributed by atoms with E-state index in [1.165, 1.54) is 17.7 Å². The molecule has 0 atom stereocenters. The van der Waals surface area contributed by atoms with Gasteiger partial charge in [-0.05, 0) is 19.3 Å². The summed E-state index contributed by atoms with van der Waals surface area (Å²) in [5.74, 6) is 1.05. The molecule has 2 fully saturated rings. The van der Waals surface area contributed by atoms with Crippen LogP contribution >= 0.6 is 35.3 Å². The number of carbonyl (C=O) groups excluding carboxylic acids is 1. The summed E-state index contributed by atoms with van der Waals surface area (Å²) in [6.07, 6.45) is 6.24. The molecule has 8 heteroatoms. The van der Waals surface area contributed by atoms with E-state index < -0.39 is 0 Å². The van der Waals surface area contributed by atoms with Crippen molar-refractivity contribution in [2.24, 2.45) is 4.99 Å². The molecule has 0 unspecified atom stereocenters. The van der Waals surface area contributed by atoms with Gasteiger partial charge < -0.3 is 15.1 Å². The molecule has 1 N–H and O–H groups in total. The van der Waals surface area contributed by atoms with Gasteiger partial charge in [0, 0.05) is 50.2 Å². The minimum Gasteiger partial charge on any atom is -0.356 e. The quantitative estimate of drug-likeness (QED) is 0.411. The normalized spacial score (nSPS) is 18.6. The van der Waals surface area contributed by atoms with E-state index in [4.69, 9.17) is 0 Å². The van der Waals surface area contributed by atoms with E-state index >= 15 is 0 Å². The van der Waals surface area contributed by atoms with E-state index in [-0.39, 0.29) is 29.9 Å². The molecule has 24 heavy (non-hydrogen) atoms. The average Bonchev–Trinajstić information content (AvgIpc) is 3.30. The maximum atomic E-state index is 12.2. The van der Waals surface area contributed by atoms with Crippen molar-refractivity contribution in [2.45, 2.75) is 38.6 Å². The van der Waals surface area contributed by atoms with Gasteiger partial charge in [-0.25, -0.2) is 4.98 Å². The molecule has 1 aromatic rings. The first-order valence-electron chi connectivity index (χ1n) is 8.40. The number of guanidine groups is 1. The number of thiazole rings is 1. The predicted molar refractivity (Wildman–Crippen MR) is 108 cm³/mol. The Balaban J connectivity index is 0.00000208. The summed E-state index contributed by atoms with van der Waals surface area (Å²) >= 11 is 1.77. The molecule has 1 aromatic heterocycles. The fraction of sp³-hybridized carbons (Fsp3) is 0.688. The van der Waals surface area contributed by atoms with Crippen LogP contribution in [0.25, 0.3) is 0 Å². The van der Waals surface area contributed by atoms with Gasteiger partial charge in [-0.15, -0.1) is 35.3 Å². The van der Waals surface area contributed by atoms with Crippen LogP contribution in [0.2, 0.25) is 0 Å². The van der Waals surface area contributed by atoms with Crippen LogP contribution in [0.1, 0.15) is 29.7 Å². The van der Waals surface area contributed by atoms with Crippen molar-refractivity contribution in [1.29, 1.82) is 0 Å². The Morgan fingerprint density at radius 2 is 2.25 bits per heavy atom. The smallest absolute Gasteiger partial charge is 0.242 e. The number of halogens is 1. The van der Waals surface area contributed by atoms with Crippen molar-refractivity contribution in [3.8, 4) is 0 Å². The van der Waals surface area contributed by atoms with E-state index in [0.717, 1.165) is 43.4 Å². The molecule has 0 radical (unpaired) electrons. The van der Waals surface area contributed by atoms with Crippen molar-refractivity contribution in [2.75, 3.05) is 33.2 Å². The van der Waals surface area contributed by atoms with E-state index in [1.54, 1.807) is 18.4 Å². The lowest BCUT2D eigenvalue weighted by Crippen LogP contribution is -2.55. The van der Waals surface area contributed by atoms with Crippen LogP contribution in [0, 0.1) is 0 Å². The predicted octanol–water partition coefficient (Wildman–Crippen LogP) is 1.75. The number of piperazine rings is 1. The van der Waals surface area contributed by atoms with Crippen molar-refractivity contribution in [3.63, 3.8) is 0 Å². The van der Waals surface area contributed by atoms with Gasteiger partial charge in [0.05, 0.1) is 11.6 Å². The second-order valence-electron chi connectivity index (χ2n) is 6.04. The number of aliphatic imine (C=N–C) groups is 1. The lowest BCUT2D eigenvalue weighted by Gasteiger charge is -2.36. The number of carbonyl (C=O) groups is 1. The molecule has 0 bridgehead atoms. The SMILES string of the molecule is CCc1cnc(CCNC(=NC)N2CCN(C3CC3)C(=O)C2)s1.I. The second kappa shape index (κ2) is 8.98. The summed E-state index contributed by atoms with van der Waals surface area (Å²) in [7, 11) is 1.78. The van der Waals surface area contributed by atoms with Crippen LogP contribution in [0.5, 0.6) is 0 Å². The topological polar surface area (TPSA) is 60.8 Å². The highest BCUT2D eigenvalue weighted by atomic mass is 127. The number of hydrogen-bond acceptors (Lipinski definition) is 4. The molecule has 0 aromatic carbocycles. The second-order valence-corrected chi connectivity index (χ2v) is 7.24. The van der Waals surface area contributed by atoms with Crippen LogP contribution in [-0.2, 0) is 17.6 Å². The molecule has 1 saturated heterocycles. The highest BCUT2D eigenvalue weighted by Gasteiger charge is 2.36. The van der Waals surface area contributed by atoms with Crippen molar-refractivity contribution in [1.82, 2.24) is 20.1 Å². The summed E-state index contributed by atoms with van der Waals surface area (Å²) in [6, 6.07) is 0.511.